The molecule has 0 aromatic rings. The molecule has 1 aliphatic carbocycles. The van der Waals surface area contributed by atoms with Crippen LogP contribution in [0.5, 0.6) is 0 Å². The quantitative estimate of drug-likeness (QED) is 0.517. The van der Waals surface area contributed by atoms with Gasteiger partial charge in [0.05, 0.1) is 6.10 Å². The number of rotatable bonds is 6. The first-order valence-corrected chi connectivity index (χ1v) is 6.89. The van der Waals surface area contributed by atoms with E-state index in [-0.39, 0.29) is 23.7 Å². The lowest BCUT2D eigenvalue weighted by Crippen LogP contribution is -2.42. The highest BCUT2D eigenvalue weighted by atomic mass is 35.5. The highest BCUT2D eigenvalue weighted by Crippen LogP contribution is 2.28. The van der Waals surface area contributed by atoms with Crippen molar-refractivity contribution in [3.05, 3.63) is 12.7 Å². The molecule has 1 aliphatic rings. The van der Waals surface area contributed by atoms with Crippen LogP contribution < -0.4 is 5.73 Å². The lowest BCUT2D eigenvalue weighted by molar-refractivity contribution is 0.125. The Bertz CT molecular complexity index is 210. The van der Waals surface area contributed by atoms with Gasteiger partial charge in [-0.15, -0.1) is 19.0 Å². The van der Waals surface area contributed by atoms with Crippen molar-refractivity contribution in [2.45, 2.75) is 62.3 Å². The smallest absolute Gasteiger partial charge is 0.0809 e. The van der Waals surface area contributed by atoms with E-state index in [1.54, 1.807) is 6.08 Å². The Hall–Kier alpha value is 0.300. The van der Waals surface area contributed by atoms with Crippen molar-refractivity contribution >= 4 is 25.0 Å². The van der Waals surface area contributed by atoms with E-state index in [0.717, 1.165) is 6.42 Å². The van der Waals surface area contributed by atoms with E-state index in [2.05, 4.69) is 19.2 Å². The van der Waals surface area contributed by atoms with Crippen LogP contribution in [0.4, 0.5) is 0 Å². The summed E-state index contributed by atoms with van der Waals surface area (Å²) in [5.41, 5.74) is 6.05. The van der Waals surface area contributed by atoms with Gasteiger partial charge in [-0.2, -0.15) is 12.6 Å². The fourth-order valence-electron chi connectivity index (χ4n) is 2.54. The number of allylic oxidation sites excluding steroid dienone is 1. The average molecular weight is 280 g/mol. The van der Waals surface area contributed by atoms with Gasteiger partial charge in [0, 0.05) is 11.3 Å². The van der Waals surface area contributed by atoms with Crippen LogP contribution in [0.25, 0.3) is 0 Å². The average Bonchev–Trinajstić information content (AvgIpc) is 2.29. The van der Waals surface area contributed by atoms with E-state index in [9.17, 15) is 5.11 Å². The number of hydrogen-bond acceptors (Lipinski definition) is 3. The lowest BCUT2D eigenvalue weighted by Gasteiger charge is -2.29. The minimum Gasteiger partial charge on any atom is -0.390 e. The predicted molar refractivity (Wildman–Crippen MR) is 80.0 cm³/mol. The maximum atomic E-state index is 10.00. The van der Waals surface area contributed by atoms with Gasteiger partial charge in [-0.1, -0.05) is 38.2 Å². The van der Waals surface area contributed by atoms with Crippen molar-refractivity contribution in [2.24, 2.45) is 11.7 Å². The Labute approximate surface area is 117 Å². The maximum absolute atomic E-state index is 10.00. The monoisotopic (exact) mass is 279 g/mol. The molecule has 3 N–H and O–H groups in total. The molecule has 0 bridgehead atoms. The minimum absolute atomic E-state index is 0. The van der Waals surface area contributed by atoms with Crippen LogP contribution in [0.2, 0.25) is 0 Å². The van der Waals surface area contributed by atoms with Crippen molar-refractivity contribution in [3.8, 4) is 0 Å². The molecule has 0 aromatic heterocycles. The summed E-state index contributed by atoms with van der Waals surface area (Å²) >= 11 is 4.36. The van der Waals surface area contributed by atoms with Gasteiger partial charge in [0.1, 0.15) is 0 Å². The zero-order valence-corrected chi connectivity index (χ0v) is 12.1. The second kappa shape index (κ2) is 9.26. The Kier molecular flexibility index (Phi) is 9.42. The molecule has 2 nitrogen and oxygen atoms in total. The highest BCUT2D eigenvalue weighted by Gasteiger charge is 2.25. The van der Waals surface area contributed by atoms with E-state index in [1.165, 1.54) is 32.1 Å². The topological polar surface area (TPSA) is 46.2 Å². The molecule has 17 heavy (non-hydrogen) atoms. The van der Waals surface area contributed by atoms with Crippen LogP contribution in [0.1, 0.15) is 44.9 Å². The first-order valence-electron chi connectivity index (χ1n) is 6.37. The summed E-state index contributed by atoms with van der Waals surface area (Å²) < 4.78 is 0. The summed E-state index contributed by atoms with van der Waals surface area (Å²) in [4.78, 5) is 0. The van der Waals surface area contributed by atoms with Gasteiger partial charge in [-0.25, -0.2) is 0 Å². The van der Waals surface area contributed by atoms with Crippen LogP contribution in [-0.4, -0.2) is 22.5 Å². The van der Waals surface area contributed by atoms with Gasteiger partial charge in [0.25, 0.3) is 0 Å². The number of aliphatic hydroxyl groups is 1. The first-order chi connectivity index (χ1) is 7.65. The molecule has 0 spiro atoms. The summed E-state index contributed by atoms with van der Waals surface area (Å²) in [7, 11) is 0. The molecule has 0 aliphatic heterocycles. The van der Waals surface area contributed by atoms with E-state index in [1.807, 2.05) is 0 Å². The van der Waals surface area contributed by atoms with Gasteiger partial charge < -0.3 is 10.8 Å². The van der Waals surface area contributed by atoms with Crippen molar-refractivity contribution in [2.75, 3.05) is 0 Å². The highest BCUT2D eigenvalue weighted by molar-refractivity contribution is 7.81. The summed E-state index contributed by atoms with van der Waals surface area (Å²) in [6.45, 7) is 3.66. The third kappa shape index (κ3) is 6.14. The number of nitrogens with two attached hydrogens (primary N) is 1. The van der Waals surface area contributed by atoms with Gasteiger partial charge in [-0.3, -0.25) is 0 Å². The molecule has 0 heterocycles. The van der Waals surface area contributed by atoms with Crippen LogP contribution in [0.3, 0.4) is 0 Å². The molecular weight excluding hydrogens is 254 g/mol. The number of hydrogen-bond donors (Lipinski definition) is 3. The molecule has 1 fully saturated rings. The standard InChI is InChI=1S/C13H25NOS.ClH/c1-2-6-12(16)13(15)11(14)9-10-7-4-3-5-8-10;/h2,10-13,15-16H,1,3-9,14H2;1H. The van der Waals surface area contributed by atoms with E-state index in [0.29, 0.717) is 12.3 Å². The Morgan fingerprint density at radius 1 is 1.35 bits per heavy atom. The molecule has 4 heteroatoms. The van der Waals surface area contributed by atoms with Crippen molar-refractivity contribution in [1.82, 2.24) is 0 Å². The second-order valence-corrected chi connectivity index (χ2v) is 5.65. The summed E-state index contributed by atoms with van der Waals surface area (Å²) in [6.07, 6.45) is 9.49. The molecule has 3 atom stereocenters. The maximum Gasteiger partial charge on any atom is 0.0809 e. The third-order valence-corrected chi connectivity index (χ3v) is 4.09. The van der Waals surface area contributed by atoms with Gasteiger partial charge in [-0.05, 0) is 18.8 Å². The van der Waals surface area contributed by atoms with Crippen molar-refractivity contribution < 1.29 is 5.11 Å². The number of halogens is 1. The molecule has 102 valence electrons. The molecule has 0 amide bonds. The van der Waals surface area contributed by atoms with E-state index >= 15 is 0 Å². The largest absolute Gasteiger partial charge is 0.390 e. The summed E-state index contributed by atoms with van der Waals surface area (Å²) in [6, 6.07) is -0.134. The molecule has 0 saturated heterocycles. The Morgan fingerprint density at radius 2 is 1.94 bits per heavy atom. The molecular formula is C13H26ClNOS. The normalized spacial score (nSPS) is 22.3. The fraction of sp³-hybridized carbons (Fsp3) is 0.846. The van der Waals surface area contributed by atoms with Crippen LogP contribution >= 0.6 is 25.0 Å². The van der Waals surface area contributed by atoms with Crippen LogP contribution in [0, 0.1) is 5.92 Å². The second-order valence-electron chi connectivity index (χ2n) is 4.99. The van der Waals surface area contributed by atoms with Crippen LogP contribution in [0.15, 0.2) is 12.7 Å². The van der Waals surface area contributed by atoms with Crippen LogP contribution in [-0.2, 0) is 0 Å². The Morgan fingerprint density at radius 3 is 2.47 bits per heavy atom. The SMILES string of the molecule is C=CCC(S)C(O)C(N)CC1CCCCC1.Cl. The van der Waals surface area contributed by atoms with Crippen molar-refractivity contribution in [1.29, 1.82) is 0 Å². The Balaban J connectivity index is 0.00000256. The molecule has 3 unspecified atom stereocenters. The summed E-state index contributed by atoms with van der Waals surface area (Å²) in [5, 5.41) is 9.93. The fourth-order valence-corrected chi connectivity index (χ4v) is 2.91. The molecule has 0 radical (unpaired) electrons. The van der Waals surface area contributed by atoms with Crippen molar-refractivity contribution in [3.63, 3.8) is 0 Å². The van der Waals surface area contributed by atoms with Gasteiger partial charge in [0.15, 0.2) is 0 Å². The first kappa shape index (κ1) is 17.3. The zero-order chi connectivity index (χ0) is 12.0. The zero-order valence-electron chi connectivity index (χ0n) is 10.4. The lowest BCUT2D eigenvalue weighted by atomic mass is 9.83. The molecule has 1 saturated carbocycles. The third-order valence-electron chi connectivity index (χ3n) is 3.57. The van der Waals surface area contributed by atoms with Gasteiger partial charge >= 0.3 is 0 Å². The predicted octanol–water partition coefficient (Wildman–Crippen LogP) is 2.94. The minimum atomic E-state index is -0.511. The van der Waals surface area contributed by atoms with E-state index < -0.39 is 6.10 Å². The number of aliphatic hydroxyl groups excluding tert-OH is 1. The molecule has 0 aromatic carbocycles. The summed E-state index contributed by atoms with van der Waals surface area (Å²) in [5.74, 6) is 0.711. The van der Waals surface area contributed by atoms with E-state index in [4.69, 9.17) is 5.73 Å². The molecule has 1 rings (SSSR count). The number of thiol groups is 1. The van der Waals surface area contributed by atoms with Gasteiger partial charge in [0.2, 0.25) is 0 Å².